The van der Waals surface area contributed by atoms with E-state index in [1.54, 1.807) is 18.2 Å². The first-order valence-corrected chi connectivity index (χ1v) is 5.26. The van der Waals surface area contributed by atoms with Crippen LogP contribution < -0.4 is 11.1 Å². The van der Waals surface area contributed by atoms with Crippen LogP contribution in [0.4, 0.5) is 0 Å². The van der Waals surface area contributed by atoms with Gasteiger partial charge in [0.05, 0.1) is 23.9 Å². The van der Waals surface area contributed by atoms with Crippen molar-refractivity contribution >= 4 is 22.8 Å². The maximum absolute atomic E-state index is 11.7. The second kappa shape index (κ2) is 4.84. The van der Waals surface area contributed by atoms with Crippen molar-refractivity contribution < 1.29 is 14.7 Å². The lowest BCUT2D eigenvalue weighted by Crippen LogP contribution is -2.39. The van der Waals surface area contributed by atoms with Crippen LogP contribution >= 0.6 is 0 Å². The summed E-state index contributed by atoms with van der Waals surface area (Å²) in [7, 11) is 0. The highest BCUT2D eigenvalue weighted by Gasteiger charge is 2.13. The van der Waals surface area contributed by atoms with Crippen LogP contribution in [0.15, 0.2) is 24.5 Å². The monoisotopic (exact) mass is 248 g/mol. The van der Waals surface area contributed by atoms with Gasteiger partial charge in [0.2, 0.25) is 5.91 Å². The quantitative estimate of drug-likeness (QED) is 0.562. The highest BCUT2D eigenvalue weighted by atomic mass is 16.3. The molecule has 94 valence electrons. The highest BCUT2D eigenvalue weighted by Crippen LogP contribution is 2.11. The summed E-state index contributed by atoms with van der Waals surface area (Å²) in [4.78, 5) is 29.2. The Balaban J connectivity index is 2.06. The molecule has 0 saturated heterocycles. The number of fused-ring (bicyclic) bond motifs is 1. The Bertz CT molecular complexity index is 593. The van der Waals surface area contributed by atoms with E-state index in [9.17, 15) is 9.59 Å². The van der Waals surface area contributed by atoms with Crippen molar-refractivity contribution in [2.75, 3.05) is 6.54 Å². The molecule has 1 atom stereocenters. The standard InChI is InChI=1S/C11H12N4O3/c12-10(17)9(16)4-13-11(18)6-1-2-7-8(3-6)15-5-14-7/h1-3,5,9,16H,4H2,(H2,12,17)(H,13,18)(H,14,15). The van der Waals surface area contributed by atoms with Gasteiger partial charge in [0.1, 0.15) is 6.10 Å². The van der Waals surface area contributed by atoms with Crippen molar-refractivity contribution in [2.45, 2.75) is 6.10 Å². The molecule has 7 heteroatoms. The van der Waals surface area contributed by atoms with E-state index < -0.39 is 17.9 Å². The molecule has 0 aliphatic heterocycles. The van der Waals surface area contributed by atoms with E-state index in [0.717, 1.165) is 11.0 Å². The number of carbonyl (C=O) groups excluding carboxylic acids is 2. The lowest BCUT2D eigenvalue weighted by atomic mass is 10.2. The molecule has 0 aliphatic rings. The van der Waals surface area contributed by atoms with Crippen LogP contribution in [-0.2, 0) is 4.79 Å². The summed E-state index contributed by atoms with van der Waals surface area (Å²) in [5.74, 6) is -1.27. The average molecular weight is 248 g/mol. The molecule has 18 heavy (non-hydrogen) atoms. The first kappa shape index (κ1) is 12.1. The van der Waals surface area contributed by atoms with E-state index in [-0.39, 0.29) is 6.54 Å². The number of aromatic amines is 1. The van der Waals surface area contributed by atoms with E-state index in [0.29, 0.717) is 5.56 Å². The van der Waals surface area contributed by atoms with Crippen molar-refractivity contribution in [1.82, 2.24) is 15.3 Å². The Labute approximate surface area is 102 Å². The molecule has 2 amide bonds. The SMILES string of the molecule is NC(=O)C(O)CNC(=O)c1ccc2nc[nH]c2c1. The van der Waals surface area contributed by atoms with Gasteiger partial charge < -0.3 is 21.1 Å². The smallest absolute Gasteiger partial charge is 0.251 e. The van der Waals surface area contributed by atoms with Crippen molar-refractivity contribution in [2.24, 2.45) is 5.73 Å². The number of primary amides is 1. The molecule has 1 heterocycles. The van der Waals surface area contributed by atoms with Crippen LogP contribution in [-0.4, -0.2) is 39.5 Å². The summed E-state index contributed by atoms with van der Waals surface area (Å²) >= 11 is 0. The van der Waals surface area contributed by atoms with Gasteiger partial charge in [0.15, 0.2) is 0 Å². The predicted octanol–water partition coefficient (Wildman–Crippen LogP) is -0.861. The van der Waals surface area contributed by atoms with Crippen LogP contribution in [0.1, 0.15) is 10.4 Å². The van der Waals surface area contributed by atoms with Gasteiger partial charge in [-0.15, -0.1) is 0 Å². The number of hydrogen-bond donors (Lipinski definition) is 4. The van der Waals surface area contributed by atoms with Gasteiger partial charge in [-0.2, -0.15) is 0 Å². The van der Waals surface area contributed by atoms with Crippen LogP contribution in [0.5, 0.6) is 0 Å². The summed E-state index contributed by atoms with van der Waals surface area (Å²) < 4.78 is 0. The molecule has 0 saturated carbocycles. The number of benzene rings is 1. The van der Waals surface area contributed by atoms with E-state index >= 15 is 0 Å². The zero-order valence-corrected chi connectivity index (χ0v) is 9.38. The molecule has 2 aromatic rings. The molecule has 5 N–H and O–H groups in total. The minimum absolute atomic E-state index is 0.213. The number of rotatable bonds is 4. The normalized spacial score (nSPS) is 12.3. The molecular weight excluding hydrogens is 236 g/mol. The lowest BCUT2D eigenvalue weighted by molar-refractivity contribution is -0.125. The summed E-state index contributed by atoms with van der Waals surface area (Å²) in [5, 5.41) is 11.6. The van der Waals surface area contributed by atoms with Gasteiger partial charge in [0.25, 0.3) is 5.91 Å². The molecule has 0 fully saturated rings. The number of imidazole rings is 1. The molecule has 1 aromatic heterocycles. The summed E-state index contributed by atoms with van der Waals surface area (Å²) in [6, 6.07) is 4.94. The van der Waals surface area contributed by atoms with Crippen LogP contribution in [0.25, 0.3) is 11.0 Å². The fraction of sp³-hybridized carbons (Fsp3) is 0.182. The number of aromatic nitrogens is 2. The van der Waals surface area contributed by atoms with Gasteiger partial charge in [-0.05, 0) is 18.2 Å². The number of amides is 2. The molecular formula is C11H12N4O3. The number of hydrogen-bond acceptors (Lipinski definition) is 4. The number of nitrogens with two attached hydrogens (primary N) is 1. The summed E-state index contributed by atoms with van der Waals surface area (Å²) in [5.41, 5.74) is 6.76. The Morgan fingerprint density at radius 1 is 1.50 bits per heavy atom. The molecule has 2 rings (SSSR count). The molecule has 7 nitrogen and oxygen atoms in total. The fourth-order valence-electron chi connectivity index (χ4n) is 1.47. The summed E-state index contributed by atoms with van der Waals surface area (Å²) in [6.07, 6.45) is 0.147. The Kier molecular flexibility index (Phi) is 3.24. The molecule has 0 spiro atoms. The molecule has 0 radical (unpaired) electrons. The summed E-state index contributed by atoms with van der Waals surface area (Å²) in [6.45, 7) is -0.213. The minimum Gasteiger partial charge on any atom is -0.381 e. The van der Waals surface area contributed by atoms with Gasteiger partial charge in [-0.25, -0.2) is 4.98 Å². The van der Waals surface area contributed by atoms with E-state index in [1.165, 1.54) is 6.33 Å². The minimum atomic E-state index is -1.38. The van der Waals surface area contributed by atoms with Gasteiger partial charge in [0, 0.05) is 5.56 Å². The maximum atomic E-state index is 11.7. The van der Waals surface area contributed by atoms with Gasteiger partial charge in [-0.1, -0.05) is 0 Å². The average Bonchev–Trinajstić information content (AvgIpc) is 2.82. The third-order valence-corrected chi connectivity index (χ3v) is 2.47. The third kappa shape index (κ3) is 2.46. The van der Waals surface area contributed by atoms with Crippen LogP contribution in [0.2, 0.25) is 0 Å². The van der Waals surface area contributed by atoms with E-state index in [4.69, 9.17) is 10.8 Å². The molecule has 1 aromatic carbocycles. The second-order valence-electron chi connectivity index (χ2n) is 3.76. The van der Waals surface area contributed by atoms with Crippen LogP contribution in [0.3, 0.4) is 0 Å². The Morgan fingerprint density at radius 2 is 2.28 bits per heavy atom. The number of nitrogens with zero attached hydrogens (tertiary/aromatic N) is 1. The number of nitrogens with one attached hydrogen (secondary N) is 2. The maximum Gasteiger partial charge on any atom is 0.251 e. The zero-order chi connectivity index (χ0) is 13.1. The van der Waals surface area contributed by atoms with Crippen LogP contribution in [0, 0.1) is 0 Å². The Hall–Kier alpha value is -2.41. The molecule has 0 aliphatic carbocycles. The lowest BCUT2D eigenvalue weighted by Gasteiger charge is -2.08. The number of aliphatic hydroxyl groups is 1. The number of aliphatic hydroxyl groups excluding tert-OH is 1. The number of carbonyl (C=O) groups is 2. The van der Waals surface area contributed by atoms with Crippen molar-refractivity contribution in [3.05, 3.63) is 30.1 Å². The van der Waals surface area contributed by atoms with Crippen molar-refractivity contribution in [1.29, 1.82) is 0 Å². The van der Waals surface area contributed by atoms with Gasteiger partial charge >= 0.3 is 0 Å². The largest absolute Gasteiger partial charge is 0.381 e. The van der Waals surface area contributed by atoms with E-state index in [2.05, 4.69) is 15.3 Å². The van der Waals surface area contributed by atoms with Gasteiger partial charge in [-0.3, -0.25) is 9.59 Å². The topological polar surface area (TPSA) is 121 Å². The predicted molar refractivity (Wildman–Crippen MR) is 63.6 cm³/mol. The Morgan fingerprint density at radius 3 is 3.00 bits per heavy atom. The zero-order valence-electron chi connectivity index (χ0n) is 9.38. The highest BCUT2D eigenvalue weighted by molar-refractivity contribution is 5.97. The fourth-order valence-corrected chi connectivity index (χ4v) is 1.47. The first-order chi connectivity index (χ1) is 8.58. The van der Waals surface area contributed by atoms with Crippen molar-refractivity contribution in [3.63, 3.8) is 0 Å². The number of H-pyrrole nitrogens is 1. The molecule has 0 bridgehead atoms. The van der Waals surface area contributed by atoms with E-state index in [1.807, 2.05) is 0 Å². The third-order valence-electron chi connectivity index (χ3n) is 2.47. The molecule has 1 unspecified atom stereocenters. The first-order valence-electron chi connectivity index (χ1n) is 5.26. The van der Waals surface area contributed by atoms with Crippen molar-refractivity contribution in [3.8, 4) is 0 Å². The second-order valence-corrected chi connectivity index (χ2v) is 3.76.